The SMILES string of the molecule is O=S(=O)(c1cc(Br)cc(CCl)c1F)N1CCCCCCC1. The van der Waals surface area contributed by atoms with Crippen LogP contribution in [-0.2, 0) is 15.9 Å². The van der Waals surface area contributed by atoms with E-state index in [0.717, 1.165) is 32.1 Å². The Morgan fingerprint density at radius 1 is 1.14 bits per heavy atom. The Labute approximate surface area is 138 Å². The van der Waals surface area contributed by atoms with E-state index in [-0.39, 0.29) is 16.3 Å². The quantitative estimate of drug-likeness (QED) is 0.713. The van der Waals surface area contributed by atoms with Gasteiger partial charge in [-0.2, -0.15) is 4.31 Å². The molecule has 1 fully saturated rings. The van der Waals surface area contributed by atoms with Gasteiger partial charge in [0.2, 0.25) is 10.0 Å². The van der Waals surface area contributed by atoms with Crippen molar-refractivity contribution in [1.82, 2.24) is 4.31 Å². The summed E-state index contributed by atoms with van der Waals surface area (Å²) in [4.78, 5) is -0.284. The molecule has 0 saturated carbocycles. The smallest absolute Gasteiger partial charge is 0.207 e. The van der Waals surface area contributed by atoms with Crippen LogP contribution >= 0.6 is 27.5 Å². The summed E-state index contributed by atoms with van der Waals surface area (Å²) in [6, 6.07) is 2.83. The summed E-state index contributed by atoms with van der Waals surface area (Å²) in [5.41, 5.74) is 0.191. The summed E-state index contributed by atoms with van der Waals surface area (Å²) in [5.74, 6) is -0.802. The highest BCUT2D eigenvalue weighted by Gasteiger charge is 2.29. The first-order valence-electron chi connectivity index (χ1n) is 7.01. The van der Waals surface area contributed by atoms with E-state index >= 15 is 0 Å². The number of nitrogens with zero attached hydrogens (tertiary/aromatic N) is 1. The molecule has 0 spiro atoms. The number of sulfonamides is 1. The maximum absolute atomic E-state index is 14.4. The second-order valence-electron chi connectivity index (χ2n) is 5.18. The van der Waals surface area contributed by atoms with Gasteiger partial charge in [-0.3, -0.25) is 0 Å². The molecule has 1 aromatic carbocycles. The average Bonchev–Trinajstić information content (AvgIpc) is 2.40. The molecule has 0 N–H and O–H groups in total. The van der Waals surface area contributed by atoms with Gasteiger partial charge in [0.1, 0.15) is 10.7 Å². The van der Waals surface area contributed by atoms with E-state index in [4.69, 9.17) is 11.6 Å². The van der Waals surface area contributed by atoms with Crippen molar-refractivity contribution < 1.29 is 12.8 Å². The summed E-state index contributed by atoms with van der Waals surface area (Å²) in [6.07, 6.45) is 4.80. The lowest BCUT2D eigenvalue weighted by molar-refractivity contribution is 0.362. The summed E-state index contributed by atoms with van der Waals surface area (Å²) in [7, 11) is -3.82. The van der Waals surface area contributed by atoms with E-state index < -0.39 is 15.8 Å². The van der Waals surface area contributed by atoms with Gasteiger partial charge in [-0.1, -0.05) is 35.2 Å². The van der Waals surface area contributed by atoms with Crippen LogP contribution in [0.2, 0.25) is 0 Å². The number of hydrogen-bond donors (Lipinski definition) is 0. The summed E-state index contributed by atoms with van der Waals surface area (Å²) in [5, 5.41) is 0. The predicted molar refractivity (Wildman–Crippen MR) is 85.5 cm³/mol. The van der Waals surface area contributed by atoms with Crippen molar-refractivity contribution >= 4 is 37.6 Å². The lowest BCUT2D eigenvalue weighted by atomic mass is 10.1. The zero-order valence-electron chi connectivity index (χ0n) is 11.6. The number of rotatable bonds is 3. The second-order valence-corrected chi connectivity index (χ2v) is 8.27. The zero-order chi connectivity index (χ0) is 15.5. The van der Waals surface area contributed by atoms with Gasteiger partial charge in [0, 0.05) is 23.1 Å². The van der Waals surface area contributed by atoms with Gasteiger partial charge >= 0.3 is 0 Å². The Bertz CT molecular complexity index is 601. The first kappa shape index (κ1) is 17.2. The molecule has 0 bridgehead atoms. The molecule has 1 saturated heterocycles. The molecule has 0 aliphatic carbocycles. The first-order valence-corrected chi connectivity index (χ1v) is 9.77. The van der Waals surface area contributed by atoms with E-state index in [1.807, 2.05) is 0 Å². The standard InChI is InChI=1S/C14H18BrClFNO2S/c15-12-8-11(10-16)14(17)13(9-12)21(19,20)18-6-4-2-1-3-5-7-18/h8-9H,1-7,10H2. The van der Waals surface area contributed by atoms with Crippen LogP contribution in [0.15, 0.2) is 21.5 Å². The summed E-state index contributed by atoms with van der Waals surface area (Å²) < 4.78 is 41.7. The summed E-state index contributed by atoms with van der Waals surface area (Å²) >= 11 is 8.91. The molecule has 0 atom stereocenters. The van der Waals surface area contributed by atoms with E-state index in [0.29, 0.717) is 17.6 Å². The van der Waals surface area contributed by atoms with E-state index in [2.05, 4.69) is 15.9 Å². The third-order valence-electron chi connectivity index (χ3n) is 3.66. The predicted octanol–water partition coefficient (Wildman–Crippen LogP) is 4.28. The maximum Gasteiger partial charge on any atom is 0.246 e. The molecule has 1 aliphatic heterocycles. The Balaban J connectivity index is 2.40. The van der Waals surface area contributed by atoms with Gasteiger partial charge in [-0.15, -0.1) is 11.6 Å². The highest BCUT2D eigenvalue weighted by molar-refractivity contribution is 9.10. The summed E-state index contributed by atoms with van der Waals surface area (Å²) in [6.45, 7) is 0.898. The number of benzene rings is 1. The van der Waals surface area contributed by atoms with Crippen molar-refractivity contribution in [3.05, 3.63) is 28.0 Å². The van der Waals surface area contributed by atoms with Crippen molar-refractivity contribution in [2.24, 2.45) is 0 Å². The molecule has 0 unspecified atom stereocenters. The molecule has 0 radical (unpaired) electrons. The van der Waals surface area contributed by atoms with Crippen LogP contribution < -0.4 is 0 Å². The number of hydrogen-bond acceptors (Lipinski definition) is 2. The molecule has 3 nitrogen and oxygen atoms in total. The van der Waals surface area contributed by atoms with Gasteiger partial charge in [-0.05, 0) is 25.0 Å². The highest BCUT2D eigenvalue weighted by Crippen LogP contribution is 2.28. The molecule has 118 valence electrons. The van der Waals surface area contributed by atoms with Crippen molar-refractivity contribution in [3.63, 3.8) is 0 Å². The van der Waals surface area contributed by atoms with Crippen LogP contribution in [0.25, 0.3) is 0 Å². The van der Waals surface area contributed by atoms with E-state index in [9.17, 15) is 12.8 Å². The Morgan fingerprint density at radius 3 is 2.29 bits per heavy atom. The van der Waals surface area contributed by atoms with Crippen LogP contribution in [0.5, 0.6) is 0 Å². The second kappa shape index (κ2) is 7.40. The zero-order valence-corrected chi connectivity index (χ0v) is 14.8. The van der Waals surface area contributed by atoms with E-state index in [1.165, 1.54) is 16.4 Å². The molecule has 0 aromatic heterocycles. The molecular formula is C14H18BrClFNO2S. The van der Waals surface area contributed by atoms with Crippen LogP contribution in [0.1, 0.15) is 37.7 Å². The highest BCUT2D eigenvalue weighted by atomic mass is 79.9. The fraction of sp³-hybridized carbons (Fsp3) is 0.571. The largest absolute Gasteiger partial charge is 0.246 e. The normalized spacial score (nSPS) is 18.2. The number of halogens is 3. The van der Waals surface area contributed by atoms with Gasteiger partial charge < -0.3 is 0 Å². The molecule has 2 rings (SSSR count). The Morgan fingerprint density at radius 2 is 1.71 bits per heavy atom. The number of alkyl halides is 1. The molecule has 1 heterocycles. The van der Waals surface area contributed by atoms with Gasteiger partial charge in [0.25, 0.3) is 0 Å². The first-order chi connectivity index (χ1) is 9.96. The van der Waals surface area contributed by atoms with Crippen LogP contribution in [0, 0.1) is 5.82 Å². The minimum Gasteiger partial charge on any atom is -0.207 e. The fourth-order valence-corrected chi connectivity index (χ4v) is 5.00. The van der Waals surface area contributed by atoms with Crippen LogP contribution in [-0.4, -0.2) is 25.8 Å². The lowest BCUT2D eigenvalue weighted by Gasteiger charge is -2.24. The average molecular weight is 399 g/mol. The van der Waals surface area contributed by atoms with Crippen molar-refractivity contribution in [1.29, 1.82) is 0 Å². The van der Waals surface area contributed by atoms with Gasteiger partial charge in [0.05, 0.1) is 5.88 Å². The molecule has 1 aliphatic rings. The topological polar surface area (TPSA) is 37.4 Å². The molecular weight excluding hydrogens is 381 g/mol. The minimum absolute atomic E-state index is 0.0617. The third-order valence-corrected chi connectivity index (χ3v) is 6.30. The molecule has 0 amide bonds. The fourth-order valence-electron chi connectivity index (χ4n) is 2.50. The monoisotopic (exact) mass is 397 g/mol. The van der Waals surface area contributed by atoms with Gasteiger partial charge in [-0.25, -0.2) is 12.8 Å². The Hall–Kier alpha value is -0.170. The van der Waals surface area contributed by atoms with Crippen molar-refractivity contribution in [2.75, 3.05) is 13.1 Å². The maximum atomic E-state index is 14.4. The van der Waals surface area contributed by atoms with Gasteiger partial charge in [0.15, 0.2) is 0 Å². The Kier molecular flexibility index (Phi) is 6.05. The molecule has 1 aromatic rings. The third kappa shape index (κ3) is 3.97. The van der Waals surface area contributed by atoms with Crippen molar-refractivity contribution in [2.45, 2.75) is 42.9 Å². The van der Waals surface area contributed by atoms with Crippen LogP contribution in [0.3, 0.4) is 0 Å². The lowest BCUT2D eigenvalue weighted by Crippen LogP contribution is -2.34. The minimum atomic E-state index is -3.82. The van der Waals surface area contributed by atoms with Crippen molar-refractivity contribution in [3.8, 4) is 0 Å². The van der Waals surface area contributed by atoms with E-state index in [1.54, 1.807) is 0 Å². The molecule has 21 heavy (non-hydrogen) atoms. The molecule has 7 heteroatoms. The van der Waals surface area contributed by atoms with Crippen LogP contribution in [0.4, 0.5) is 4.39 Å².